The summed E-state index contributed by atoms with van der Waals surface area (Å²) in [5, 5.41) is 14.2. The number of carbonyl (C=O) groups excluding carboxylic acids is 1. The summed E-state index contributed by atoms with van der Waals surface area (Å²) in [7, 11) is 2.16. The molecule has 0 atom stereocenters. The normalized spacial score (nSPS) is 15.4. The molecule has 2 heterocycles. The molecule has 1 aliphatic heterocycles. The van der Waals surface area contributed by atoms with Crippen LogP contribution in [0, 0.1) is 6.92 Å². The van der Waals surface area contributed by atoms with Gasteiger partial charge in [-0.25, -0.2) is 4.68 Å². The molecule has 0 spiro atoms. The lowest BCUT2D eigenvalue weighted by Crippen LogP contribution is -2.43. The second-order valence-electron chi connectivity index (χ2n) is 7.49. The number of aromatic nitrogens is 4. The zero-order valence-corrected chi connectivity index (χ0v) is 16.7. The molecule has 1 fully saturated rings. The maximum absolute atomic E-state index is 12.7. The Morgan fingerprint density at radius 2 is 1.93 bits per heavy atom. The van der Waals surface area contributed by atoms with Crippen LogP contribution in [0.15, 0.2) is 48.8 Å². The minimum absolute atomic E-state index is 0.131. The monoisotopic (exact) mass is 391 g/mol. The fourth-order valence-corrected chi connectivity index (χ4v) is 3.54. The first-order valence-electron chi connectivity index (χ1n) is 9.74. The first kappa shape index (κ1) is 19.2. The third-order valence-electron chi connectivity index (χ3n) is 5.24. The van der Waals surface area contributed by atoms with Crippen LogP contribution in [-0.2, 0) is 6.54 Å². The summed E-state index contributed by atoms with van der Waals surface area (Å²) in [6.07, 6.45) is 1.54. The average Bonchev–Trinajstić information content (AvgIpc) is 3.24. The Balaban J connectivity index is 1.42. The summed E-state index contributed by atoms with van der Waals surface area (Å²) in [5.41, 5.74) is 4.39. The number of nitrogens with zero attached hydrogens (tertiary/aromatic N) is 6. The Kier molecular flexibility index (Phi) is 5.64. The molecule has 1 amide bonds. The minimum atomic E-state index is -0.131. The first-order chi connectivity index (χ1) is 14.1. The molecule has 3 aromatic rings. The number of benzene rings is 2. The van der Waals surface area contributed by atoms with Crippen molar-refractivity contribution < 1.29 is 4.79 Å². The topological polar surface area (TPSA) is 79.2 Å². The summed E-state index contributed by atoms with van der Waals surface area (Å²) >= 11 is 0. The summed E-state index contributed by atoms with van der Waals surface area (Å²) in [5.74, 6) is -0.131. The zero-order valence-electron chi connectivity index (χ0n) is 16.7. The van der Waals surface area contributed by atoms with Gasteiger partial charge in [0.2, 0.25) is 0 Å². The van der Waals surface area contributed by atoms with E-state index in [9.17, 15) is 4.79 Å². The van der Waals surface area contributed by atoms with Crippen molar-refractivity contribution in [3.05, 3.63) is 65.5 Å². The van der Waals surface area contributed by atoms with E-state index in [4.69, 9.17) is 0 Å². The maximum atomic E-state index is 12.7. The third kappa shape index (κ3) is 4.67. The van der Waals surface area contributed by atoms with E-state index >= 15 is 0 Å². The standard InChI is InChI=1S/C21H25N7O/c1-16-12-18(6-7-20(16)28-15-22-24-25-28)21(29)23-19-5-3-4-17(13-19)14-27-10-8-26(2)9-11-27/h3-7,12-13,15H,8-11,14H2,1-2H3,(H,23,29). The minimum Gasteiger partial charge on any atom is -0.322 e. The van der Waals surface area contributed by atoms with E-state index in [0.29, 0.717) is 5.56 Å². The first-order valence-corrected chi connectivity index (χ1v) is 9.74. The Labute approximate surface area is 170 Å². The van der Waals surface area contributed by atoms with Gasteiger partial charge in [0.05, 0.1) is 5.69 Å². The van der Waals surface area contributed by atoms with Gasteiger partial charge in [-0.2, -0.15) is 0 Å². The number of hydrogen-bond donors (Lipinski definition) is 1. The van der Waals surface area contributed by atoms with Crippen LogP contribution < -0.4 is 5.32 Å². The van der Waals surface area contributed by atoms with Gasteiger partial charge < -0.3 is 10.2 Å². The van der Waals surface area contributed by atoms with Gasteiger partial charge in [-0.1, -0.05) is 12.1 Å². The fraction of sp³-hybridized carbons (Fsp3) is 0.333. The molecule has 0 radical (unpaired) electrons. The Bertz CT molecular complexity index is 978. The Morgan fingerprint density at radius 1 is 1.10 bits per heavy atom. The van der Waals surface area contributed by atoms with Gasteiger partial charge in [-0.3, -0.25) is 9.69 Å². The number of anilines is 1. The molecule has 8 heteroatoms. The summed E-state index contributed by atoms with van der Waals surface area (Å²) in [6.45, 7) is 7.16. The molecular formula is C21H25N7O. The number of carbonyl (C=O) groups is 1. The molecule has 1 aromatic heterocycles. The molecule has 0 saturated carbocycles. The number of likely N-dealkylation sites (N-methyl/N-ethyl adjacent to an activating group) is 1. The highest BCUT2D eigenvalue weighted by Gasteiger charge is 2.14. The van der Waals surface area contributed by atoms with E-state index in [1.165, 1.54) is 11.9 Å². The van der Waals surface area contributed by atoms with Crippen molar-refractivity contribution in [2.45, 2.75) is 13.5 Å². The third-order valence-corrected chi connectivity index (χ3v) is 5.24. The number of aryl methyl sites for hydroxylation is 1. The Morgan fingerprint density at radius 3 is 2.66 bits per heavy atom. The van der Waals surface area contributed by atoms with E-state index < -0.39 is 0 Å². The molecular weight excluding hydrogens is 366 g/mol. The van der Waals surface area contributed by atoms with E-state index in [2.05, 4.69) is 49.8 Å². The molecule has 0 aliphatic carbocycles. The van der Waals surface area contributed by atoms with Crippen molar-refractivity contribution in [3.8, 4) is 5.69 Å². The molecule has 150 valence electrons. The largest absolute Gasteiger partial charge is 0.322 e. The van der Waals surface area contributed by atoms with Crippen LogP contribution in [0.2, 0.25) is 0 Å². The van der Waals surface area contributed by atoms with Gasteiger partial charge in [0.1, 0.15) is 6.33 Å². The lowest BCUT2D eigenvalue weighted by atomic mass is 10.1. The van der Waals surface area contributed by atoms with Crippen LogP contribution >= 0.6 is 0 Å². The molecule has 2 aromatic carbocycles. The summed E-state index contributed by atoms with van der Waals surface area (Å²) in [6, 6.07) is 13.6. The number of nitrogens with one attached hydrogen (secondary N) is 1. The highest BCUT2D eigenvalue weighted by Crippen LogP contribution is 2.18. The second-order valence-corrected chi connectivity index (χ2v) is 7.49. The van der Waals surface area contributed by atoms with Crippen molar-refractivity contribution in [3.63, 3.8) is 0 Å². The van der Waals surface area contributed by atoms with Crippen LogP contribution in [0.3, 0.4) is 0 Å². The molecule has 0 bridgehead atoms. The predicted molar refractivity (Wildman–Crippen MR) is 111 cm³/mol. The quantitative estimate of drug-likeness (QED) is 0.716. The van der Waals surface area contributed by atoms with E-state index in [-0.39, 0.29) is 5.91 Å². The Hall–Kier alpha value is -3.10. The van der Waals surface area contributed by atoms with Crippen molar-refractivity contribution >= 4 is 11.6 Å². The van der Waals surface area contributed by atoms with Gasteiger partial charge in [0.15, 0.2) is 0 Å². The molecule has 4 rings (SSSR count). The molecule has 1 aliphatic rings. The van der Waals surface area contributed by atoms with Crippen molar-refractivity contribution in [1.82, 2.24) is 30.0 Å². The van der Waals surface area contributed by atoms with Crippen molar-refractivity contribution in [2.24, 2.45) is 0 Å². The second kappa shape index (κ2) is 8.50. The maximum Gasteiger partial charge on any atom is 0.255 e. The molecule has 1 saturated heterocycles. The van der Waals surface area contributed by atoms with Crippen LogP contribution in [0.25, 0.3) is 5.69 Å². The van der Waals surface area contributed by atoms with E-state index in [1.54, 1.807) is 10.7 Å². The molecule has 29 heavy (non-hydrogen) atoms. The van der Waals surface area contributed by atoms with Crippen LogP contribution in [-0.4, -0.2) is 69.1 Å². The number of piperazine rings is 1. The van der Waals surface area contributed by atoms with Crippen LogP contribution in [0.1, 0.15) is 21.5 Å². The smallest absolute Gasteiger partial charge is 0.255 e. The van der Waals surface area contributed by atoms with Gasteiger partial charge >= 0.3 is 0 Å². The lowest BCUT2D eigenvalue weighted by molar-refractivity contribution is 0.102. The average molecular weight is 391 g/mol. The highest BCUT2D eigenvalue weighted by molar-refractivity contribution is 6.04. The van der Waals surface area contributed by atoms with Crippen LogP contribution in [0.5, 0.6) is 0 Å². The lowest BCUT2D eigenvalue weighted by Gasteiger charge is -2.32. The summed E-state index contributed by atoms with van der Waals surface area (Å²) < 4.78 is 1.58. The van der Waals surface area contributed by atoms with E-state index in [1.807, 2.05) is 31.2 Å². The van der Waals surface area contributed by atoms with Gasteiger partial charge in [0, 0.05) is 44.0 Å². The molecule has 8 nitrogen and oxygen atoms in total. The molecule has 1 N–H and O–H groups in total. The summed E-state index contributed by atoms with van der Waals surface area (Å²) in [4.78, 5) is 17.5. The number of amides is 1. The van der Waals surface area contributed by atoms with Gasteiger partial charge in [0.25, 0.3) is 5.91 Å². The fourth-order valence-electron chi connectivity index (χ4n) is 3.54. The number of rotatable bonds is 5. The van der Waals surface area contributed by atoms with Gasteiger partial charge in [-0.05, 0) is 65.9 Å². The SMILES string of the molecule is Cc1cc(C(=O)Nc2cccc(CN3CCN(C)CC3)c2)ccc1-n1cnnn1. The highest BCUT2D eigenvalue weighted by atomic mass is 16.1. The zero-order chi connectivity index (χ0) is 20.2. The van der Waals surface area contributed by atoms with E-state index in [0.717, 1.165) is 49.7 Å². The number of hydrogen-bond acceptors (Lipinski definition) is 6. The molecule has 0 unspecified atom stereocenters. The number of tetrazole rings is 1. The van der Waals surface area contributed by atoms with Crippen molar-refractivity contribution in [2.75, 3.05) is 38.5 Å². The van der Waals surface area contributed by atoms with Crippen molar-refractivity contribution in [1.29, 1.82) is 0 Å². The van der Waals surface area contributed by atoms with Crippen LogP contribution in [0.4, 0.5) is 5.69 Å². The van der Waals surface area contributed by atoms with Gasteiger partial charge in [-0.15, -0.1) is 5.10 Å². The predicted octanol–water partition coefficient (Wildman–Crippen LogP) is 1.97.